The number of rotatable bonds is 3. The molecule has 0 aromatic heterocycles. The lowest BCUT2D eigenvalue weighted by atomic mass is 10.1. The van der Waals surface area contributed by atoms with Crippen LogP contribution in [-0.2, 0) is 6.61 Å². The molecule has 0 aliphatic heterocycles. The first kappa shape index (κ1) is 12.4. The second-order valence-electron chi connectivity index (χ2n) is 4.41. The molecule has 0 heterocycles. The monoisotopic (exact) mass is 245 g/mol. The van der Waals surface area contributed by atoms with Gasteiger partial charge in [0, 0.05) is 11.8 Å². The molecular formula is C15H16FNO. The predicted molar refractivity (Wildman–Crippen MR) is 71.1 cm³/mol. The number of hydrogen-bond acceptors (Lipinski definition) is 2. The number of ether oxygens (including phenoxy) is 1. The van der Waals surface area contributed by atoms with Crippen molar-refractivity contribution in [1.82, 2.24) is 0 Å². The first-order valence-corrected chi connectivity index (χ1v) is 5.80. The number of nitrogen functional groups attached to an aromatic ring is 1. The van der Waals surface area contributed by atoms with E-state index in [-0.39, 0.29) is 5.75 Å². The molecule has 2 rings (SSSR count). The predicted octanol–water partition coefficient (Wildman–Crippen LogP) is 3.60. The van der Waals surface area contributed by atoms with Gasteiger partial charge in [-0.25, -0.2) is 4.39 Å². The fourth-order valence-corrected chi connectivity index (χ4v) is 1.75. The Hall–Kier alpha value is -2.03. The van der Waals surface area contributed by atoms with Gasteiger partial charge in [0.1, 0.15) is 6.61 Å². The van der Waals surface area contributed by atoms with Crippen molar-refractivity contribution in [1.29, 1.82) is 0 Å². The van der Waals surface area contributed by atoms with Gasteiger partial charge in [0.15, 0.2) is 11.6 Å². The molecule has 2 nitrogen and oxygen atoms in total. The van der Waals surface area contributed by atoms with Gasteiger partial charge in [-0.3, -0.25) is 0 Å². The minimum absolute atomic E-state index is 0.227. The summed E-state index contributed by atoms with van der Waals surface area (Å²) in [5.74, 6) is -0.203. The van der Waals surface area contributed by atoms with Crippen LogP contribution in [0.1, 0.15) is 16.7 Å². The van der Waals surface area contributed by atoms with Gasteiger partial charge in [0.2, 0.25) is 0 Å². The molecule has 0 spiro atoms. The average Bonchev–Trinajstić information content (AvgIpc) is 2.32. The third kappa shape index (κ3) is 2.80. The van der Waals surface area contributed by atoms with E-state index in [2.05, 4.69) is 0 Å². The standard InChI is InChI=1S/C15H16FNO/c1-10-3-4-11(2)12(7-10)9-18-15-6-5-13(17)8-14(15)16/h3-8H,9,17H2,1-2H3. The van der Waals surface area contributed by atoms with Gasteiger partial charge in [0.05, 0.1) is 0 Å². The number of anilines is 1. The summed E-state index contributed by atoms with van der Waals surface area (Å²) in [4.78, 5) is 0. The van der Waals surface area contributed by atoms with E-state index in [1.165, 1.54) is 6.07 Å². The zero-order chi connectivity index (χ0) is 13.1. The number of nitrogens with two attached hydrogens (primary N) is 1. The Bertz CT molecular complexity index is 566. The molecule has 0 aliphatic carbocycles. The van der Waals surface area contributed by atoms with E-state index in [9.17, 15) is 4.39 Å². The third-order valence-corrected chi connectivity index (χ3v) is 2.84. The van der Waals surface area contributed by atoms with Crippen molar-refractivity contribution in [2.75, 3.05) is 5.73 Å². The lowest BCUT2D eigenvalue weighted by Crippen LogP contribution is -2.00. The lowest BCUT2D eigenvalue weighted by Gasteiger charge is -2.10. The molecule has 0 radical (unpaired) electrons. The zero-order valence-corrected chi connectivity index (χ0v) is 10.5. The van der Waals surface area contributed by atoms with Gasteiger partial charge < -0.3 is 10.5 Å². The summed E-state index contributed by atoms with van der Waals surface area (Å²) in [6.07, 6.45) is 0. The maximum Gasteiger partial charge on any atom is 0.167 e. The van der Waals surface area contributed by atoms with E-state index in [1.54, 1.807) is 12.1 Å². The summed E-state index contributed by atoms with van der Waals surface area (Å²) in [5, 5.41) is 0. The van der Waals surface area contributed by atoms with Crippen LogP contribution in [0, 0.1) is 19.7 Å². The summed E-state index contributed by atoms with van der Waals surface area (Å²) in [6, 6.07) is 10.6. The Labute approximate surface area is 106 Å². The highest BCUT2D eigenvalue weighted by Crippen LogP contribution is 2.21. The molecule has 0 saturated heterocycles. The molecule has 0 amide bonds. The average molecular weight is 245 g/mol. The van der Waals surface area contributed by atoms with Crippen molar-refractivity contribution in [2.24, 2.45) is 0 Å². The Morgan fingerprint density at radius 2 is 1.89 bits per heavy atom. The molecule has 0 atom stereocenters. The topological polar surface area (TPSA) is 35.2 Å². The maximum atomic E-state index is 13.5. The van der Waals surface area contributed by atoms with E-state index in [0.29, 0.717) is 12.3 Å². The number of benzene rings is 2. The summed E-state index contributed by atoms with van der Waals surface area (Å²) in [6.45, 7) is 4.39. The van der Waals surface area contributed by atoms with E-state index in [1.807, 2.05) is 32.0 Å². The molecule has 3 heteroatoms. The highest BCUT2D eigenvalue weighted by molar-refractivity contribution is 5.43. The third-order valence-electron chi connectivity index (χ3n) is 2.84. The molecule has 0 fully saturated rings. The number of halogens is 1. The van der Waals surface area contributed by atoms with Gasteiger partial charge in [-0.15, -0.1) is 0 Å². The molecule has 0 saturated carbocycles. The van der Waals surface area contributed by atoms with Crippen LogP contribution in [0.2, 0.25) is 0 Å². The van der Waals surface area contributed by atoms with Crippen LogP contribution in [0.5, 0.6) is 5.75 Å². The molecule has 0 aliphatic rings. The molecule has 2 aromatic rings. The van der Waals surface area contributed by atoms with Gasteiger partial charge in [-0.05, 0) is 37.1 Å². The van der Waals surface area contributed by atoms with Crippen LogP contribution in [0.25, 0.3) is 0 Å². The summed E-state index contributed by atoms with van der Waals surface area (Å²) < 4.78 is 19.0. The molecule has 0 unspecified atom stereocenters. The molecule has 2 N–H and O–H groups in total. The fourth-order valence-electron chi connectivity index (χ4n) is 1.75. The second-order valence-corrected chi connectivity index (χ2v) is 4.41. The van der Waals surface area contributed by atoms with E-state index in [0.717, 1.165) is 16.7 Å². The van der Waals surface area contributed by atoms with Crippen molar-refractivity contribution < 1.29 is 9.13 Å². The van der Waals surface area contributed by atoms with Crippen LogP contribution in [0.15, 0.2) is 36.4 Å². The van der Waals surface area contributed by atoms with Crippen molar-refractivity contribution in [3.8, 4) is 5.75 Å². The molecule has 0 bridgehead atoms. The van der Waals surface area contributed by atoms with Crippen LogP contribution in [0.4, 0.5) is 10.1 Å². The van der Waals surface area contributed by atoms with Gasteiger partial charge in [0.25, 0.3) is 0 Å². The van der Waals surface area contributed by atoms with Crippen molar-refractivity contribution >= 4 is 5.69 Å². The van der Waals surface area contributed by atoms with Gasteiger partial charge >= 0.3 is 0 Å². The molecule has 18 heavy (non-hydrogen) atoms. The Morgan fingerprint density at radius 1 is 1.11 bits per heavy atom. The summed E-state index contributed by atoms with van der Waals surface area (Å²) in [7, 11) is 0. The summed E-state index contributed by atoms with van der Waals surface area (Å²) in [5.41, 5.74) is 9.24. The van der Waals surface area contributed by atoms with Crippen molar-refractivity contribution in [3.63, 3.8) is 0 Å². The van der Waals surface area contributed by atoms with Crippen molar-refractivity contribution in [2.45, 2.75) is 20.5 Å². The highest BCUT2D eigenvalue weighted by atomic mass is 19.1. The fraction of sp³-hybridized carbons (Fsp3) is 0.200. The zero-order valence-electron chi connectivity index (χ0n) is 10.5. The normalized spacial score (nSPS) is 10.4. The van der Waals surface area contributed by atoms with Crippen LogP contribution in [-0.4, -0.2) is 0 Å². The van der Waals surface area contributed by atoms with Gasteiger partial charge in [-0.2, -0.15) is 0 Å². The largest absolute Gasteiger partial charge is 0.486 e. The Balaban J connectivity index is 2.13. The van der Waals surface area contributed by atoms with Crippen LogP contribution < -0.4 is 10.5 Å². The first-order chi connectivity index (χ1) is 8.56. The summed E-state index contributed by atoms with van der Waals surface area (Å²) >= 11 is 0. The molecular weight excluding hydrogens is 229 g/mol. The lowest BCUT2D eigenvalue weighted by molar-refractivity contribution is 0.289. The smallest absolute Gasteiger partial charge is 0.167 e. The van der Waals surface area contributed by atoms with Crippen LogP contribution >= 0.6 is 0 Å². The number of hydrogen-bond donors (Lipinski definition) is 1. The minimum Gasteiger partial charge on any atom is -0.486 e. The van der Waals surface area contributed by atoms with E-state index >= 15 is 0 Å². The Kier molecular flexibility index (Phi) is 3.51. The van der Waals surface area contributed by atoms with Crippen LogP contribution in [0.3, 0.4) is 0 Å². The first-order valence-electron chi connectivity index (χ1n) is 5.80. The quantitative estimate of drug-likeness (QED) is 0.838. The minimum atomic E-state index is -0.430. The van der Waals surface area contributed by atoms with E-state index < -0.39 is 5.82 Å². The second kappa shape index (κ2) is 5.08. The Morgan fingerprint density at radius 3 is 2.61 bits per heavy atom. The van der Waals surface area contributed by atoms with E-state index in [4.69, 9.17) is 10.5 Å². The SMILES string of the molecule is Cc1ccc(C)c(COc2ccc(N)cc2F)c1. The van der Waals surface area contributed by atoms with Gasteiger partial charge in [-0.1, -0.05) is 23.8 Å². The molecule has 94 valence electrons. The maximum absolute atomic E-state index is 13.5. The molecule has 2 aromatic carbocycles. The van der Waals surface area contributed by atoms with Crippen molar-refractivity contribution in [3.05, 3.63) is 58.9 Å². The highest BCUT2D eigenvalue weighted by Gasteiger charge is 2.05. The number of aryl methyl sites for hydroxylation is 2.